The lowest BCUT2D eigenvalue weighted by molar-refractivity contribution is 1.44. The van der Waals surface area contributed by atoms with E-state index in [0.29, 0.717) is 16.7 Å². The second-order valence-corrected chi connectivity index (χ2v) is 12.4. The topological polar surface area (TPSA) is 47.6 Å². The van der Waals surface area contributed by atoms with Gasteiger partial charge in [-0.05, 0) is 70.3 Å². The van der Waals surface area contributed by atoms with Crippen molar-refractivity contribution in [2.45, 2.75) is 0 Å². The highest BCUT2D eigenvalue weighted by Crippen LogP contribution is 2.45. The van der Waals surface area contributed by atoms with E-state index in [1.807, 2.05) is 0 Å². The highest BCUT2D eigenvalue weighted by Gasteiger charge is 2.18. The van der Waals surface area contributed by atoms with Gasteiger partial charge in [-0.15, -0.1) is 22.7 Å². The van der Waals surface area contributed by atoms with E-state index in [1.54, 1.807) is 40.9 Å². The van der Waals surface area contributed by atoms with Crippen LogP contribution in [0.2, 0.25) is 0 Å². The Labute approximate surface area is 250 Å². The van der Waals surface area contributed by atoms with E-state index >= 15 is 0 Å². The Morgan fingerprint density at radius 3 is 1.36 bits per heavy atom. The number of nitrogens with zero attached hydrogens (tertiary/aromatic N) is 2. The van der Waals surface area contributed by atoms with Crippen LogP contribution in [0.15, 0.2) is 121 Å². The van der Waals surface area contributed by atoms with Gasteiger partial charge in [-0.3, -0.25) is 0 Å². The predicted molar refractivity (Wildman–Crippen MR) is 178 cm³/mol. The van der Waals surface area contributed by atoms with Gasteiger partial charge in [0.1, 0.15) is 0 Å². The summed E-state index contributed by atoms with van der Waals surface area (Å²) in [6, 6.07) is 46.7. The summed E-state index contributed by atoms with van der Waals surface area (Å²) in [5.41, 5.74) is 6.96. The predicted octanol–water partition coefficient (Wildman–Crippen LogP) is 11.2. The normalized spacial score (nSPS) is 11.3. The van der Waals surface area contributed by atoms with Gasteiger partial charge in [0, 0.05) is 45.9 Å². The van der Waals surface area contributed by atoms with Crippen molar-refractivity contribution in [2.75, 3.05) is 0 Å². The fourth-order valence-electron chi connectivity index (χ4n) is 6.08. The maximum atomic E-state index is 10.1. The van der Waals surface area contributed by atoms with Crippen LogP contribution >= 0.6 is 22.7 Å². The van der Waals surface area contributed by atoms with Crippen molar-refractivity contribution >= 4 is 63.0 Å². The summed E-state index contributed by atoms with van der Waals surface area (Å²) in [5, 5.41) is 25.1. The minimum Gasteiger partial charge on any atom is -0.192 e. The van der Waals surface area contributed by atoms with Crippen LogP contribution in [-0.2, 0) is 0 Å². The van der Waals surface area contributed by atoms with Crippen molar-refractivity contribution < 1.29 is 0 Å². The van der Waals surface area contributed by atoms with Gasteiger partial charge in [0.15, 0.2) is 0 Å². The largest absolute Gasteiger partial charge is 0.192 e. The van der Waals surface area contributed by atoms with E-state index in [4.69, 9.17) is 0 Å². The minimum atomic E-state index is 0.497. The monoisotopic (exact) mass is 568 g/mol. The lowest BCUT2D eigenvalue weighted by Gasteiger charge is -2.14. The maximum absolute atomic E-state index is 10.1. The van der Waals surface area contributed by atoms with E-state index < -0.39 is 0 Å². The molecule has 0 atom stereocenters. The molecule has 0 spiro atoms. The van der Waals surface area contributed by atoms with Crippen molar-refractivity contribution in [2.24, 2.45) is 0 Å². The quantitative estimate of drug-likeness (QED) is 0.213. The van der Waals surface area contributed by atoms with Gasteiger partial charge in [-0.1, -0.05) is 78.9 Å². The highest BCUT2D eigenvalue weighted by atomic mass is 32.1. The lowest BCUT2D eigenvalue weighted by Crippen LogP contribution is -1.92. The second-order valence-electron chi connectivity index (χ2n) is 10.3. The number of nitriles is 2. The summed E-state index contributed by atoms with van der Waals surface area (Å²) in [6.07, 6.45) is 0. The molecule has 0 aliphatic carbocycles. The summed E-state index contributed by atoms with van der Waals surface area (Å²) in [4.78, 5) is 0. The standard InChI is InChI=1S/C38H20N2S2/c39-21-23-8-5-9-24(22-40)36(23)27-19-25(28-12-6-14-32-30-10-1-3-16-34(30)41-37(28)32)18-26(20-27)29-13-7-15-33-31-11-2-4-17-35(31)42-38(29)33/h1-20H. The number of thiophene rings is 2. The van der Waals surface area contributed by atoms with E-state index in [1.165, 1.54) is 40.3 Å². The molecule has 0 amide bonds. The molecule has 0 fully saturated rings. The molecule has 4 heteroatoms. The van der Waals surface area contributed by atoms with Gasteiger partial charge in [0.05, 0.1) is 23.3 Å². The first-order valence-electron chi connectivity index (χ1n) is 13.6. The molecule has 0 radical (unpaired) electrons. The molecule has 0 saturated heterocycles. The van der Waals surface area contributed by atoms with Crippen molar-refractivity contribution in [1.29, 1.82) is 10.5 Å². The molecule has 0 aliphatic rings. The molecule has 6 aromatic carbocycles. The van der Waals surface area contributed by atoms with Gasteiger partial charge in [-0.2, -0.15) is 10.5 Å². The van der Waals surface area contributed by atoms with Gasteiger partial charge < -0.3 is 0 Å². The fourth-order valence-corrected chi connectivity index (χ4v) is 8.56. The first-order chi connectivity index (χ1) is 20.7. The number of benzene rings is 6. The molecule has 0 saturated carbocycles. The third-order valence-electron chi connectivity index (χ3n) is 7.96. The highest BCUT2D eigenvalue weighted by molar-refractivity contribution is 7.26. The first-order valence-corrected chi connectivity index (χ1v) is 15.3. The lowest BCUT2D eigenvalue weighted by atomic mass is 9.89. The molecule has 8 aromatic rings. The van der Waals surface area contributed by atoms with Crippen LogP contribution in [0.5, 0.6) is 0 Å². The Kier molecular flexibility index (Phi) is 5.66. The zero-order valence-corrected chi connectivity index (χ0v) is 23.9. The Morgan fingerprint density at radius 1 is 0.429 bits per heavy atom. The third kappa shape index (κ3) is 3.75. The Hall–Kier alpha value is -5.26. The number of rotatable bonds is 3. The summed E-state index contributed by atoms with van der Waals surface area (Å²) in [6.45, 7) is 0. The van der Waals surface area contributed by atoms with Crippen LogP contribution < -0.4 is 0 Å². The molecule has 0 unspecified atom stereocenters. The molecule has 0 N–H and O–H groups in total. The summed E-state index contributed by atoms with van der Waals surface area (Å²) in [5.74, 6) is 0. The van der Waals surface area contributed by atoms with Gasteiger partial charge >= 0.3 is 0 Å². The van der Waals surface area contributed by atoms with Crippen LogP contribution in [0.1, 0.15) is 11.1 Å². The van der Waals surface area contributed by atoms with Crippen molar-refractivity contribution in [3.8, 4) is 45.5 Å². The van der Waals surface area contributed by atoms with Crippen LogP contribution in [0.25, 0.3) is 73.7 Å². The summed E-state index contributed by atoms with van der Waals surface area (Å²) >= 11 is 3.61. The van der Waals surface area contributed by atoms with Crippen LogP contribution in [0.3, 0.4) is 0 Å². The molecule has 2 aromatic heterocycles. The molecule has 42 heavy (non-hydrogen) atoms. The second kappa shape index (κ2) is 9.68. The van der Waals surface area contributed by atoms with Gasteiger partial charge in [0.2, 0.25) is 0 Å². The number of fused-ring (bicyclic) bond motifs is 6. The minimum absolute atomic E-state index is 0.497. The van der Waals surface area contributed by atoms with Gasteiger partial charge in [0.25, 0.3) is 0 Å². The Morgan fingerprint density at radius 2 is 0.857 bits per heavy atom. The molecule has 194 valence electrons. The van der Waals surface area contributed by atoms with E-state index in [2.05, 4.69) is 115 Å². The van der Waals surface area contributed by atoms with Crippen molar-refractivity contribution in [3.63, 3.8) is 0 Å². The van der Waals surface area contributed by atoms with Crippen LogP contribution in [0, 0.1) is 22.7 Å². The molecule has 2 nitrogen and oxygen atoms in total. The molecule has 0 bridgehead atoms. The van der Waals surface area contributed by atoms with E-state index in [9.17, 15) is 10.5 Å². The number of hydrogen-bond acceptors (Lipinski definition) is 4. The zero-order chi connectivity index (χ0) is 28.2. The Balaban J connectivity index is 1.47. The molecular formula is C38H20N2S2. The SMILES string of the molecule is N#Cc1cccc(C#N)c1-c1cc(-c2cccc3c2sc2ccccc23)cc(-c2cccc3c2sc2ccccc23)c1. The van der Waals surface area contributed by atoms with Crippen LogP contribution in [0.4, 0.5) is 0 Å². The summed E-state index contributed by atoms with van der Waals surface area (Å²) < 4.78 is 4.98. The van der Waals surface area contributed by atoms with E-state index in [-0.39, 0.29) is 0 Å². The van der Waals surface area contributed by atoms with Crippen molar-refractivity contribution in [3.05, 3.63) is 132 Å². The van der Waals surface area contributed by atoms with E-state index in [0.717, 1.165) is 27.8 Å². The smallest absolute Gasteiger partial charge is 0.0998 e. The molecule has 8 rings (SSSR count). The average Bonchev–Trinajstić information content (AvgIpc) is 3.62. The zero-order valence-electron chi connectivity index (χ0n) is 22.3. The number of hydrogen-bond donors (Lipinski definition) is 0. The molecule has 0 aliphatic heterocycles. The average molecular weight is 569 g/mol. The third-order valence-corrected chi connectivity index (χ3v) is 10.4. The summed E-state index contributed by atoms with van der Waals surface area (Å²) in [7, 11) is 0. The first kappa shape index (κ1) is 24.5. The Bertz CT molecular complexity index is 2280. The van der Waals surface area contributed by atoms with Crippen LogP contribution in [-0.4, -0.2) is 0 Å². The van der Waals surface area contributed by atoms with Crippen molar-refractivity contribution in [1.82, 2.24) is 0 Å². The fraction of sp³-hybridized carbons (Fsp3) is 0. The van der Waals surface area contributed by atoms with Gasteiger partial charge in [-0.25, -0.2) is 0 Å². The maximum Gasteiger partial charge on any atom is 0.0998 e. The molecular weight excluding hydrogens is 549 g/mol. The molecule has 2 heterocycles.